The lowest BCUT2D eigenvalue weighted by atomic mass is 10.1. The van der Waals surface area contributed by atoms with Crippen molar-refractivity contribution in [1.82, 2.24) is 19.9 Å². The number of hydrogen-bond acceptors (Lipinski definition) is 7. The fraction of sp³-hybridized carbons (Fsp3) is 0.259. The van der Waals surface area contributed by atoms with Gasteiger partial charge < -0.3 is 20.1 Å². The molecule has 0 atom stereocenters. The van der Waals surface area contributed by atoms with Crippen LogP contribution in [0.5, 0.6) is 5.75 Å². The minimum Gasteiger partial charge on any atom is -0.491 e. The molecule has 0 unspecified atom stereocenters. The highest BCUT2D eigenvalue weighted by Crippen LogP contribution is 2.28. The number of carbonyl (C=O) groups is 1. The van der Waals surface area contributed by atoms with Gasteiger partial charge in [0.25, 0.3) is 0 Å². The van der Waals surface area contributed by atoms with E-state index in [4.69, 9.17) is 14.5 Å². The van der Waals surface area contributed by atoms with Crippen LogP contribution in [0.1, 0.15) is 37.6 Å². The SMILES string of the molecule is COc1cnc(-n2c(CNC(=O)OC(C)(C)C)cc3c(C#N)cccc32)nc1NCc1ccccc1. The molecule has 1 amide bonds. The van der Waals surface area contributed by atoms with Crippen LogP contribution in [0.3, 0.4) is 0 Å². The van der Waals surface area contributed by atoms with Gasteiger partial charge in [-0.05, 0) is 44.5 Å². The van der Waals surface area contributed by atoms with Gasteiger partial charge in [0.15, 0.2) is 11.6 Å². The first-order chi connectivity index (χ1) is 17.3. The van der Waals surface area contributed by atoms with E-state index in [2.05, 4.69) is 21.7 Å². The highest BCUT2D eigenvalue weighted by molar-refractivity contribution is 5.88. The summed E-state index contributed by atoms with van der Waals surface area (Å²) in [7, 11) is 1.56. The summed E-state index contributed by atoms with van der Waals surface area (Å²) in [6.07, 6.45) is 1.06. The Kier molecular flexibility index (Phi) is 7.06. The van der Waals surface area contributed by atoms with E-state index in [9.17, 15) is 10.1 Å². The van der Waals surface area contributed by atoms with Gasteiger partial charge in [-0.3, -0.25) is 4.57 Å². The van der Waals surface area contributed by atoms with Crippen LogP contribution in [0.15, 0.2) is 60.8 Å². The number of nitrogens with zero attached hydrogens (tertiary/aromatic N) is 4. The molecule has 4 aromatic rings. The van der Waals surface area contributed by atoms with E-state index in [-0.39, 0.29) is 6.54 Å². The molecule has 0 radical (unpaired) electrons. The zero-order chi connectivity index (χ0) is 25.7. The summed E-state index contributed by atoms with van der Waals surface area (Å²) in [6.45, 7) is 6.11. The van der Waals surface area contributed by atoms with Gasteiger partial charge in [0.2, 0.25) is 5.95 Å². The van der Waals surface area contributed by atoms with Gasteiger partial charge in [-0.1, -0.05) is 36.4 Å². The molecule has 0 aliphatic rings. The summed E-state index contributed by atoms with van der Waals surface area (Å²) in [5.41, 5.74) is 2.42. The third-order valence-electron chi connectivity index (χ3n) is 5.32. The van der Waals surface area contributed by atoms with Crippen molar-refractivity contribution in [2.45, 2.75) is 39.5 Å². The van der Waals surface area contributed by atoms with Crippen molar-refractivity contribution in [3.05, 3.63) is 77.6 Å². The number of methoxy groups -OCH3 is 1. The maximum absolute atomic E-state index is 12.3. The molecule has 0 aliphatic carbocycles. The summed E-state index contributed by atoms with van der Waals surface area (Å²) in [5.74, 6) is 1.39. The van der Waals surface area contributed by atoms with E-state index in [0.717, 1.165) is 16.5 Å². The van der Waals surface area contributed by atoms with Crippen molar-refractivity contribution in [2.75, 3.05) is 12.4 Å². The van der Waals surface area contributed by atoms with Crippen molar-refractivity contribution in [1.29, 1.82) is 5.26 Å². The van der Waals surface area contributed by atoms with E-state index in [1.807, 2.05) is 47.0 Å². The Labute approximate surface area is 209 Å². The first-order valence-electron chi connectivity index (χ1n) is 11.5. The Balaban J connectivity index is 1.73. The molecule has 36 heavy (non-hydrogen) atoms. The third-order valence-corrected chi connectivity index (χ3v) is 5.32. The molecule has 0 saturated carbocycles. The van der Waals surface area contributed by atoms with E-state index >= 15 is 0 Å². The summed E-state index contributed by atoms with van der Waals surface area (Å²) in [6, 6.07) is 19.5. The van der Waals surface area contributed by atoms with E-state index in [1.165, 1.54) is 0 Å². The average Bonchev–Trinajstić information content (AvgIpc) is 3.24. The lowest BCUT2D eigenvalue weighted by Gasteiger charge is -2.20. The van der Waals surface area contributed by atoms with Crippen LogP contribution >= 0.6 is 0 Å². The maximum atomic E-state index is 12.3. The first-order valence-corrected chi connectivity index (χ1v) is 11.5. The highest BCUT2D eigenvalue weighted by Gasteiger charge is 2.20. The number of benzene rings is 2. The molecule has 0 spiro atoms. The van der Waals surface area contributed by atoms with Crippen LogP contribution < -0.4 is 15.4 Å². The predicted molar refractivity (Wildman–Crippen MR) is 137 cm³/mol. The van der Waals surface area contributed by atoms with E-state index in [1.54, 1.807) is 46.2 Å². The van der Waals surface area contributed by atoms with Crippen molar-refractivity contribution in [3.8, 4) is 17.8 Å². The van der Waals surface area contributed by atoms with Crippen LogP contribution in [-0.2, 0) is 17.8 Å². The summed E-state index contributed by atoms with van der Waals surface area (Å²) < 4.78 is 12.7. The number of amides is 1. The highest BCUT2D eigenvalue weighted by atomic mass is 16.6. The largest absolute Gasteiger partial charge is 0.491 e. The predicted octanol–water partition coefficient (Wildman–Crippen LogP) is 4.94. The molecular weight excluding hydrogens is 456 g/mol. The average molecular weight is 485 g/mol. The minimum absolute atomic E-state index is 0.149. The molecular formula is C27H28N6O3. The number of alkyl carbamates (subject to hydrolysis) is 1. The number of rotatable bonds is 7. The van der Waals surface area contributed by atoms with Gasteiger partial charge in [-0.15, -0.1) is 0 Å². The lowest BCUT2D eigenvalue weighted by Crippen LogP contribution is -2.32. The number of anilines is 1. The van der Waals surface area contributed by atoms with Crippen LogP contribution in [0.25, 0.3) is 16.9 Å². The van der Waals surface area contributed by atoms with Crippen molar-refractivity contribution < 1.29 is 14.3 Å². The second kappa shape index (κ2) is 10.4. The molecule has 2 heterocycles. The molecule has 184 valence electrons. The summed E-state index contributed by atoms with van der Waals surface area (Å²) in [4.78, 5) is 21.6. The monoisotopic (exact) mass is 484 g/mol. The van der Waals surface area contributed by atoms with Gasteiger partial charge in [0.05, 0.1) is 37.0 Å². The second-order valence-corrected chi connectivity index (χ2v) is 9.10. The zero-order valence-corrected chi connectivity index (χ0v) is 20.7. The normalized spacial score (nSPS) is 11.1. The third kappa shape index (κ3) is 5.55. The molecule has 0 aliphatic heterocycles. The number of fused-ring (bicyclic) bond motifs is 1. The van der Waals surface area contributed by atoms with Gasteiger partial charge >= 0.3 is 6.09 Å². The molecule has 2 aromatic carbocycles. The number of nitrogens with one attached hydrogen (secondary N) is 2. The lowest BCUT2D eigenvalue weighted by molar-refractivity contribution is 0.0522. The fourth-order valence-corrected chi connectivity index (χ4v) is 3.75. The van der Waals surface area contributed by atoms with Crippen molar-refractivity contribution >= 4 is 22.8 Å². The summed E-state index contributed by atoms with van der Waals surface area (Å²) in [5, 5.41) is 16.5. The quantitative estimate of drug-likeness (QED) is 0.382. The molecule has 0 saturated heterocycles. The van der Waals surface area contributed by atoms with Crippen LogP contribution in [-0.4, -0.2) is 33.3 Å². The van der Waals surface area contributed by atoms with E-state index in [0.29, 0.717) is 35.3 Å². The van der Waals surface area contributed by atoms with Gasteiger partial charge in [-0.2, -0.15) is 10.2 Å². The molecule has 0 bridgehead atoms. The van der Waals surface area contributed by atoms with Gasteiger partial charge in [0.1, 0.15) is 5.60 Å². The van der Waals surface area contributed by atoms with Crippen LogP contribution in [0, 0.1) is 11.3 Å². The van der Waals surface area contributed by atoms with Gasteiger partial charge in [-0.25, -0.2) is 9.78 Å². The molecule has 9 nitrogen and oxygen atoms in total. The second-order valence-electron chi connectivity index (χ2n) is 9.10. The minimum atomic E-state index is -0.622. The van der Waals surface area contributed by atoms with Crippen molar-refractivity contribution in [3.63, 3.8) is 0 Å². The topological polar surface area (TPSA) is 114 Å². The number of ether oxygens (including phenoxy) is 2. The maximum Gasteiger partial charge on any atom is 0.407 e. The fourth-order valence-electron chi connectivity index (χ4n) is 3.75. The molecule has 0 fully saturated rings. The van der Waals surface area contributed by atoms with Crippen molar-refractivity contribution in [2.24, 2.45) is 0 Å². The van der Waals surface area contributed by atoms with Crippen LogP contribution in [0.2, 0.25) is 0 Å². The number of nitriles is 1. The Morgan fingerprint density at radius 2 is 1.89 bits per heavy atom. The molecule has 2 N–H and O–H groups in total. The number of aromatic nitrogens is 3. The van der Waals surface area contributed by atoms with Crippen LogP contribution in [0.4, 0.5) is 10.6 Å². The number of carbonyl (C=O) groups excluding carboxylic acids is 1. The Morgan fingerprint density at radius 3 is 2.58 bits per heavy atom. The number of hydrogen-bond donors (Lipinski definition) is 2. The Hall–Kier alpha value is -4.58. The smallest absolute Gasteiger partial charge is 0.407 e. The molecule has 4 rings (SSSR count). The Morgan fingerprint density at radius 1 is 1.11 bits per heavy atom. The standard InChI is InChI=1S/C27H28N6O3/c1-27(2,3)36-26(34)31-16-20-13-21-19(14-28)11-8-12-22(21)33(20)25-30-17-23(35-4)24(32-25)29-15-18-9-6-5-7-10-18/h5-13,17H,15-16H2,1-4H3,(H,31,34)(H,29,30,32). The van der Waals surface area contributed by atoms with Gasteiger partial charge in [0, 0.05) is 17.6 Å². The zero-order valence-electron chi connectivity index (χ0n) is 20.7. The van der Waals surface area contributed by atoms with E-state index < -0.39 is 11.7 Å². The first kappa shape index (κ1) is 24.5. The Bertz CT molecular complexity index is 1420. The molecule has 9 heteroatoms. The molecule has 2 aromatic heterocycles. The summed E-state index contributed by atoms with van der Waals surface area (Å²) >= 11 is 0.